The van der Waals surface area contributed by atoms with Crippen LogP contribution in [0, 0.1) is 6.92 Å². The van der Waals surface area contributed by atoms with Crippen molar-refractivity contribution in [3.8, 4) is 10.6 Å². The van der Waals surface area contributed by atoms with Gasteiger partial charge in [-0.05, 0) is 36.8 Å². The molecule has 0 aliphatic rings. The number of benzene rings is 2. The average molecular weight is 294 g/mol. The second kappa shape index (κ2) is 4.54. The van der Waals surface area contributed by atoms with Gasteiger partial charge in [0.1, 0.15) is 5.01 Å². The minimum absolute atomic E-state index is 0.560. The number of hydrogen-bond donors (Lipinski definition) is 0. The van der Waals surface area contributed by atoms with Crippen molar-refractivity contribution in [1.82, 2.24) is 4.98 Å². The summed E-state index contributed by atoms with van der Waals surface area (Å²) in [4.78, 5) is 4.61. The van der Waals surface area contributed by atoms with E-state index in [9.17, 15) is 0 Å². The third-order valence-corrected chi connectivity index (χ3v) is 4.52. The van der Waals surface area contributed by atoms with Crippen LogP contribution in [0.15, 0.2) is 36.4 Å². The molecule has 3 rings (SSSR count). The summed E-state index contributed by atoms with van der Waals surface area (Å²) >= 11 is 13.6. The summed E-state index contributed by atoms with van der Waals surface area (Å²) in [6.45, 7) is 2.08. The van der Waals surface area contributed by atoms with Crippen LogP contribution in [0.3, 0.4) is 0 Å². The van der Waals surface area contributed by atoms with Gasteiger partial charge in [0.05, 0.1) is 20.3 Å². The third kappa shape index (κ3) is 2.12. The van der Waals surface area contributed by atoms with Crippen molar-refractivity contribution in [2.45, 2.75) is 6.92 Å². The molecule has 4 heteroatoms. The summed E-state index contributed by atoms with van der Waals surface area (Å²) in [6, 6.07) is 11.9. The maximum atomic E-state index is 6.03. The van der Waals surface area contributed by atoms with Gasteiger partial charge in [0.2, 0.25) is 0 Å². The molecule has 0 amide bonds. The fourth-order valence-corrected chi connectivity index (χ4v) is 3.14. The highest BCUT2D eigenvalue weighted by Crippen LogP contribution is 2.33. The Bertz CT molecular complexity index is 734. The Balaban J connectivity index is 2.16. The number of halogens is 2. The van der Waals surface area contributed by atoms with Crippen LogP contribution in [0.5, 0.6) is 0 Å². The highest BCUT2D eigenvalue weighted by Gasteiger charge is 2.08. The van der Waals surface area contributed by atoms with Crippen LogP contribution in [0.1, 0.15) is 5.56 Å². The van der Waals surface area contributed by atoms with Crippen LogP contribution in [-0.4, -0.2) is 4.98 Å². The molecular formula is C14H9Cl2NS. The maximum absolute atomic E-state index is 6.03. The van der Waals surface area contributed by atoms with Gasteiger partial charge in [-0.1, -0.05) is 35.3 Å². The molecule has 90 valence electrons. The molecule has 0 aliphatic heterocycles. The predicted octanol–water partition coefficient (Wildman–Crippen LogP) is 5.58. The number of nitrogens with zero attached hydrogens (tertiary/aromatic N) is 1. The number of fused-ring (bicyclic) bond motifs is 1. The van der Waals surface area contributed by atoms with E-state index >= 15 is 0 Å². The van der Waals surface area contributed by atoms with E-state index in [0.717, 1.165) is 16.1 Å². The van der Waals surface area contributed by atoms with Crippen molar-refractivity contribution >= 4 is 44.8 Å². The maximum Gasteiger partial charge on any atom is 0.124 e. The second-order valence-corrected chi connectivity index (χ2v) is 5.96. The standard InChI is InChI=1S/C14H9Cl2NS/c1-8-2-5-12-13(6-8)18-14(17-12)9-3-4-10(15)11(16)7-9/h2-7H,1H3. The monoisotopic (exact) mass is 293 g/mol. The van der Waals surface area contributed by atoms with Crippen molar-refractivity contribution in [3.63, 3.8) is 0 Å². The molecule has 0 saturated carbocycles. The van der Waals surface area contributed by atoms with Crippen molar-refractivity contribution in [3.05, 3.63) is 52.0 Å². The van der Waals surface area contributed by atoms with E-state index < -0.39 is 0 Å². The number of thiazole rings is 1. The smallest absolute Gasteiger partial charge is 0.124 e. The van der Waals surface area contributed by atoms with Crippen LogP contribution < -0.4 is 0 Å². The van der Waals surface area contributed by atoms with Gasteiger partial charge < -0.3 is 0 Å². The molecule has 0 fully saturated rings. The van der Waals surface area contributed by atoms with Gasteiger partial charge in [0.15, 0.2) is 0 Å². The zero-order chi connectivity index (χ0) is 12.7. The van der Waals surface area contributed by atoms with Crippen molar-refractivity contribution in [1.29, 1.82) is 0 Å². The minimum Gasteiger partial charge on any atom is -0.236 e. The molecule has 1 heterocycles. The largest absolute Gasteiger partial charge is 0.236 e. The van der Waals surface area contributed by atoms with Crippen LogP contribution in [0.2, 0.25) is 10.0 Å². The van der Waals surface area contributed by atoms with E-state index in [1.807, 2.05) is 18.2 Å². The van der Waals surface area contributed by atoms with Crippen molar-refractivity contribution in [2.75, 3.05) is 0 Å². The first kappa shape index (κ1) is 12.0. The van der Waals surface area contributed by atoms with Crippen LogP contribution >= 0.6 is 34.5 Å². The number of hydrogen-bond acceptors (Lipinski definition) is 2. The molecule has 3 aromatic rings. The van der Waals surface area contributed by atoms with Gasteiger partial charge in [-0.3, -0.25) is 0 Å². The Morgan fingerprint density at radius 3 is 2.61 bits per heavy atom. The van der Waals surface area contributed by atoms with Crippen molar-refractivity contribution in [2.24, 2.45) is 0 Å². The number of aryl methyl sites for hydroxylation is 1. The van der Waals surface area contributed by atoms with Gasteiger partial charge in [-0.15, -0.1) is 11.3 Å². The highest BCUT2D eigenvalue weighted by atomic mass is 35.5. The third-order valence-electron chi connectivity index (χ3n) is 2.71. The fraction of sp³-hybridized carbons (Fsp3) is 0.0714. The quantitative estimate of drug-likeness (QED) is 0.571. The van der Waals surface area contributed by atoms with Crippen LogP contribution in [0.25, 0.3) is 20.8 Å². The average Bonchev–Trinajstić information content (AvgIpc) is 2.75. The summed E-state index contributed by atoms with van der Waals surface area (Å²) in [5.41, 5.74) is 3.27. The van der Waals surface area contributed by atoms with Gasteiger partial charge in [0.25, 0.3) is 0 Å². The van der Waals surface area contributed by atoms with E-state index in [2.05, 4.69) is 24.0 Å². The summed E-state index contributed by atoms with van der Waals surface area (Å²) < 4.78 is 1.19. The highest BCUT2D eigenvalue weighted by molar-refractivity contribution is 7.21. The molecule has 0 bridgehead atoms. The molecule has 0 spiro atoms. The SMILES string of the molecule is Cc1ccc2nc(-c3ccc(Cl)c(Cl)c3)sc2c1. The first-order valence-electron chi connectivity index (χ1n) is 5.46. The van der Waals surface area contributed by atoms with E-state index in [4.69, 9.17) is 23.2 Å². The summed E-state index contributed by atoms with van der Waals surface area (Å²) in [5.74, 6) is 0. The van der Waals surface area contributed by atoms with Crippen LogP contribution in [-0.2, 0) is 0 Å². The van der Waals surface area contributed by atoms with E-state index in [1.165, 1.54) is 10.3 Å². The van der Waals surface area contributed by atoms with E-state index in [1.54, 1.807) is 17.4 Å². The lowest BCUT2D eigenvalue weighted by molar-refractivity contribution is 1.45. The Morgan fingerprint density at radius 1 is 1.00 bits per heavy atom. The molecule has 1 nitrogen and oxygen atoms in total. The predicted molar refractivity (Wildman–Crippen MR) is 79.8 cm³/mol. The van der Waals surface area contributed by atoms with E-state index in [0.29, 0.717) is 10.0 Å². The lowest BCUT2D eigenvalue weighted by Gasteiger charge is -1.98. The Kier molecular flexibility index (Phi) is 3.02. The zero-order valence-electron chi connectivity index (χ0n) is 9.58. The lowest BCUT2D eigenvalue weighted by Crippen LogP contribution is -1.76. The van der Waals surface area contributed by atoms with Crippen molar-refractivity contribution < 1.29 is 0 Å². The normalized spacial score (nSPS) is 11.1. The molecule has 0 atom stereocenters. The summed E-state index contributed by atoms with van der Waals surface area (Å²) in [5, 5.41) is 2.09. The zero-order valence-corrected chi connectivity index (χ0v) is 11.9. The minimum atomic E-state index is 0.560. The second-order valence-electron chi connectivity index (χ2n) is 4.12. The fourth-order valence-electron chi connectivity index (χ4n) is 1.78. The van der Waals surface area contributed by atoms with Gasteiger partial charge >= 0.3 is 0 Å². The van der Waals surface area contributed by atoms with Gasteiger partial charge in [-0.25, -0.2) is 4.98 Å². The van der Waals surface area contributed by atoms with Gasteiger partial charge in [0, 0.05) is 5.56 Å². The molecule has 0 saturated heterocycles. The number of aromatic nitrogens is 1. The molecule has 0 radical (unpaired) electrons. The van der Waals surface area contributed by atoms with E-state index in [-0.39, 0.29) is 0 Å². The molecule has 2 aromatic carbocycles. The first-order valence-corrected chi connectivity index (χ1v) is 7.03. The summed E-state index contributed by atoms with van der Waals surface area (Å²) in [6.07, 6.45) is 0. The lowest BCUT2D eigenvalue weighted by atomic mass is 10.2. The molecular weight excluding hydrogens is 285 g/mol. The Morgan fingerprint density at radius 2 is 1.83 bits per heavy atom. The summed E-state index contributed by atoms with van der Waals surface area (Å²) in [7, 11) is 0. The molecule has 1 aromatic heterocycles. The molecule has 0 aliphatic carbocycles. The molecule has 0 N–H and O–H groups in total. The molecule has 0 unspecified atom stereocenters. The topological polar surface area (TPSA) is 12.9 Å². The van der Waals surface area contributed by atoms with Crippen LogP contribution in [0.4, 0.5) is 0 Å². The Labute approximate surface area is 119 Å². The number of rotatable bonds is 1. The van der Waals surface area contributed by atoms with Gasteiger partial charge in [-0.2, -0.15) is 0 Å². The Hall–Kier alpha value is -1.09. The first-order chi connectivity index (χ1) is 8.63. The molecule has 18 heavy (non-hydrogen) atoms.